The maximum Gasteiger partial charge on any atom is 0.410 e. The molecule has 0 saturated carbocycles. The third-order valence-corrected chi connectivity index (χ3v) is 8.85. The summed E-state index contributed by atoms with van der Waals surface area (Å²) in [7, 11) is 3.48. The third-order valence-electron chi connectivity index (χ3n) is 8.58. The van der Waals surface area contributed by atoms with Crippen molar-refractivity contribution in [1.82, 2.24) is 29.3 Å². The highest BCUT2D eigenvalue weighted by Gasteiger charge is 2.45. The van der Waals surface area contributed by atoms with Gasteiger partial charge in [0.2, 0.25) is 0 Å². The van der Waals surface area contributed by atoms with Crippen molar-refractivity contribution in [1.29, 1.82) is 0 Å². The summed E-state index contributed by atoms with van der Waals surface area (Å²) in [5, 5.41) is 2.28. The first-order chi connectivity index (χ1) is 20.9. The fourth-order valence-corrected chi connectivity index (χ4v) is 6.98. The van der Waals surface area contributed by atoms with Crippen LogP contribution in [-0.2, 0) is 11.8 Å². The molecule has 3 aliphatic heterocycles. The molecule has 44 heavy (non-hydrogen) atoms. The standard InChI is InChI=1S/C22H27ClN6O3.C8H16FN.C2H6/c1-22(2,3)32-21(30)29-12-6-7-13(29)11-28(10-12)19-15-14-8-9-24-17(23)16(14)27(4)18(15)25-20(26-19)31-5;1-3-8-5-7(9)6-10(8)4-2;1-2/h8-9,12-13H,6-7,10-11H2,1-5H3;7-8H,3-6H2,1-2H3;1-2H3/t;7-,8?;/m.1./s1. The number of pyridine rings is 1. The van der Waals surface area contributed by atoms with Crippen LogP contribution in [-0.4, -0.2) is 98.6 Å². The number of nitrogens with zero attached hydrogens (tertiary/aromatic N) is 7. The number of piperazine rings is 1. The number of anilines is 1. The maximum absolute atomic E-state index is 12.9. The Balaban J connectivity index is 0.000000312. The van der Waals surface area contributed by atoms with Gasteiger partial charge in [-0.2, -0.15) is 9.97 Å². The Hall–Kier alpha value is -2.92. The van der Waals surface area contributed by atoms with E-state index in [0.29, 0.717) is 36.8 Å². The Kier molecular flexibility index (Phi) is 10.8. The predicted molar refractivity (Wildman–Crippen MR) is 175 cm³/mol. The lowest BCUT2D eigenvalue weighted by Gasteiger charge is -2.42. The summed E-state index contributed by atoms with van der Waals surface area (Å²) in [5.41, 5.74) is 1.03. The van der Waals surface area contributed by atoms with Gasteiger partial charge in [-0.25, -0.2) is 14.2 Å². The number of halogens is 2. The number of aromatic nitrogens is 4. The van der Waals surface area contributed by atoms with Crippen LogP contribution < -0.4 is 9.64 Å². The second-order valence-electron chi connectivity index (χ2n) is 12.4. The Bertz CT molecular complexity index is 1420. The smallest absolute Gasteiger partial charge is 0.410 e. The monoisotopic (exact) mass is 633 g/mol. The molecule has 4 atom stereocenters. The van der Waals surface area contributed by atoms with E-state index in [-0.39, 0.29) is 18.2 Å². The van der Waals surface area contributed by atoms with Crippen molar-refractivity contribution < 1.29 is 18.7 Å². The first kappa shape index (κ1) is 34.0. The molecule has 12 heteroatoms. The lowest BCUT2D eigenvalue weighted by molar-refractivity contribution is 0.0123. The summed E-state index contributed by atoms with van der Waals surface area (Å²) in [6.07, 6.45) is 4.62. The largest absolute Gasteiger partial charge is 0.467 e. The number of hydrogen-bond acceptors (Lipinski definition) is 8. The number of amides is 1. The van der Waals surface area contributed by atoms with Crippen LogP contribution in [0.15, 0.2) is 12.3 Å². The van der Waals surface area contributed by atoms with Crippen molar-refractivity contribution in [3.8, 4) is 6.01 Å². The summed E-state index contributed by atoms with van der Waals surface area (Å²) in [5.74, 6) is 0.792. The number of hydrogen-bond donors (Lipinski definition) is 0. The molecular weight excluding hydrogens is 585 g/mol. The predicted octanol–water partition coefficient (Wildman–Crippen LogP) is 6.62. The Morgan fingerprint density at radius 2 is 1.77 bits per heavy atom. The number of alkyl halides is 1. The van der Waals surface area contributed by atoms with Gasteiger partial charge in [0.25, 0.3) is 0 Å². The van der Waals surface area contributed by atoms with Crippen molar-refractivity contribution in [3.05, 3.63) is 17.4 Å². The van der Waals surface area contributed by atoms with E-state index in [0.717, 1.165) is 60.0 Å². The van der Waals surface area contributed by atoms with Crippen molar-refractivity contribution in [3.63, 3.8) is 0 Å². The molecular formula is C32H49ClFN7O3. The quantitative estimate of drug-likeness (QED) is 0.296. The summed E-state index contributed by atoms with van der Waals surface area (Å²) in [4.78, 5) is 32.8. The summed E-state index contributed by atoms with van der Waals surface area (Å²) in [6, 6.07) is 2.89. The topological polar surface area (TPSA) is 88.9 Å². The number of methoxy groups -OCH3 is 1. The van der Waals surface area contributed by atoms with Crippen LogP contribution in [0.1, 0.15) is 74.1 Å². The molecule has 6 rings (SSSR count). The number of fused-ring (bicyclic) bond motifs is 5. The molecule has 3 aromatic rings. The van der Waals surface area contributed by atoms with Crippen molar-refractivity contribution in [2.45, 2.75) is 104 Å². The highest BCUT2D eigenvalue weighted by molar-refractivity contribution is 6.35. The molecule has 0 spiro atoms. The van der Waals surface area contributed by atoms with Gasteiger partial charge in [0.05, 0.1) is 30.1 Å². The third kappa shape index (κ3) is 6.83. The van der Waals surface area contributed by atoms with Crippen LogP contribution in [0, 0.1) is 0 Å². The first-order valence-corrected chi connectivity index (χ1v) is 16.3. The van der Waals surface area contributed by atoms with Crippen LogP contribution in [0.4, 0.5) is 15.0 Å². The molecule has 3 unspecified atom stereocenters. The highest BCUT2D eigenvalue weighted by atomic mass is 35.5. The molecule has 2 bridgehead atoms. The van der Waals surface area contributed by atoms with Gasteiger partial charge in [-0.05, 0) is 59.1 Å². The number of likely N-dealkylation sites (tertiary alicyclic amines) is 1. The van der Waals surface area contributed by atoms with Crippen LogP contribution in [0.2, 0.25) is 5.15 Å². The van der Waals surface area contributed by atoms with E-state index in [1.165, 1.54) is 0 Å². The fraction of sp³-hybridized carbons (Fsp3) is 0.688. The average molecular weight is 634 g/mol. The van der Waals surface area contributed by atoms with Gasteiger partial charge < -0.3 is 18.9 Å². The minimum absolute atomic E-state index is 0.0693. The van der Waals surface area contributed by atoms with Gasteiger partial charge in [0.1, 0.15) is 23.2 Å². The van der Waals surface area contributed by atoms with Crippen LogP contribution in [0.3, 0.4) is 0 Å². The number of rotatable bonds is 4. The molecule has 0 N–H and O–H groups in total. The molecule has 3 aromatic heterocycles. The minimum Gasteiger partial charge on any atom is -0.467 e. The number of carbonyl (C=O) groups excluding carboxylic acids is 1. The molecule has 6 heterocycles. The fourth-order valence-electron chi connectivity index (χ4n) is 6.70. The first-order valence-electron chi connectivity index (χ1n) is 15.9. The lowest BCUT2D eigenvalue weighted by atomic mass is 10.1. The van der Waals surface area contributed by atoms with Gasteiger partial charge >= 0.3 is 12.1 Å². The molecule has 1 amide bonds. The Morgan fingerprint density at radius 1 is 1.11 bits per heavy atom. The summed E-state index contributed by atoms with van der Waals surface area (Å²) < 4.78 is 25.8. The molecule has 0 aliphatic carbocycles. The zero-order valence-electron chi connectivity index (χ0n) is 27.7. The van der Waals surface area contributed by atoms with Gasteiger partial charge in [-0.15, -0.1) is 0 Å². The molecule has 10 nitrogen and oxygen atoms in total. The maximum atomic E-state index is 12.9. The zero-order chi connectivity index (χ0) is 32.3. The van der Waals surface area contributed by atoms with E-state index in [2.05, 4.69) is 33.6 Å². The molecule has 0 radical (unpaired) electrons. The Labute approximate surface area is 265 Å². The SMILES string of the molecule is CC.CCC1C[C@@H](F)CN1CC.COc1nc(N2CC3CCC(C2)N3C(=O)OC(C)(C)C)c2c3ccnc(Cl)c3n(C)c2n1. The van der Waals surface area contributed by atoms with Crippen LogP contribution in [0.5, 0.6) is 6.01 Å². The molecule has 3 fully saturated rings. The second-order valence-corrected chi connectivity index (χ2v) is 12.8. The highest BCUT2D eigenvalue weighted by Crippen LogP contribution is 2.40. The van der Waals surface area contributed by atoms with E-state index >= 15 is 0 Å². The molecule has 0 aromatic carbocycles. The van der Waals surface area contributed by atoms with Crippen LogP contribution in [0.25, 0.3) is 21.9 Å². The van der Waals surface area contributed by atoms with Gasteiger partial charge in [0.15, 0.2) is 5.15 Å². The molecule has 244 valence electrons. The number of aryl methyl sites for hydroxylation is 1. The van der Waals surface area contributed by atoms with Crippen molar-refractivity contribution in [2.24, 2.45) is 7.05 Å². The van der Waals surface area contributed by atoms with E-state index in [1.807, 2.05) is 57.2 Å². The van der Waals surface area contributed by atoms with E-state index in [4.69, 9.17) is 26.1 Å². The zero-order valence-corrected chi connectivity index (χ0v) is 28.5. The van der Waals surface area contributed by atoms with E-state index < -0.39 is 11.8 Å². The van der Waals surface area contributed by atoms with E-state index in [9.17, 15) is 9.18 Å². The van der Waals surface area contributed by atoms with Crippen molar-refractivity contribution in [2.75, 3.05) is 38.2 Å². The van der Waals surface area contributed by atoms with E-state index in [1.54, 1.807) is 13.3 Å². The number of ether oxygens (including phenoxy) is 2. The minimum atomic E-state index is -0.565. The molecule has 3 aliphatic rings. The van der Waals surface area contributed by atoms with Crippen LogP contribution >= 0.6 is 11.6 Å². The molecule has 3 saturated heterocycles. The lowest BCUT2D eigenvalue weighted by Crippen LogP contribution is -2.57. The Morgan fingerprint density at radius 3 is 2.32 bits per heavy atom. The summed E-state index contributed by atoms with van der Waals surface area (Å²) >= 11 is 6.43. The average Bonchev–Trinajstić information content (AvgIpc) is 3.61. The van der Waals surface area contributed by atoms with Gasteiger partial charge in [0, 0.05) is 44.3 Å². The second kappa shape index (κ2) is 14.0. The normalized spacial score (nSPS) is 23.3. The number of carbonyl (C=O) groups is 1. The van der Waals surface area contributed by atoms with Gasteiger partial charge in [-0.1, -0.05) is 39.3 Å². The van der Waals surface area contributed by atoms with Crippen molar-refractivity contribution >= 4 is 45.4 Å². The summed E-state index contributed by atoms with van der Waals surface area (Å²) in [6.45, 7) is 16.9. The van der Waals surface area contributed by atoms with Gasteiger partial charge in [-0.3, -0.25) is 9.80 Å².